The van der Waals surface area contributed by atoms with Gasteiger partial charge in [0.25, 0.3) is 0 Å². The number of hydrogen-bond donors (Lipinski definition) is 1. The zero-order valence-corrected chi connectivity index (χ0v) is 16.8. The van der Waals surface area contributed by atoms with Gasteiger partial charge in [-0.1, -0.05) is 48.0 Å². The zero-order valence-electron chi connectivity index (χ0n) is 15.2. The molecule has 1 heterocycles. The number of benzene rings is 1. The van der Waals surface area contributed by atoms with Crippen LogP contribution in [0, 0.1) is 5.75 Å². The van der Waals surface area contributed by atoms with E-state index in [0.717, 1.165) is 24.9 Å². The van der Waals surface area contributed by atoms with Crippen LogP contribution in [0.1, 0.15) is 71.1 Å². The van der Waals surface area contributed by atoms with Gasteiger partial charge in [-0.05, 0) is 35.1 Å². The monoisotopic (exact) mass is 353 g/mol. The lowest BCUT2D eigenvalue weighted by molar-refractivity contribution is 0.569. The summed E-state index contributed by atoms with van der Waals surface area (Å²) in [5.41, 5.74) is 10.3. The smallest absolute Gasteiger partial charge is 0.125 e. The molecule has 1 aromatic rings. The molecule has 23 heavy (non-hydrogen) atoms. The van der Waals surface area contributed by atoms with Crippen molar-refractivity contribution >= 4 is 30.0 Å². The molecule has 0 unspecified atom stereocenters. The molecule has 0 saturated carbocycles. The lowest BCUT2D eigenvalue weighted by atomic mass is 9.79. The quantitative estimate of drug-likeness (QED) is 0.443. The number of thioether (sulfide) groups is 1. The van der Waals surface area contributed by atoms with Crippen molar-refractivity contribution in [1.82, 2.24) is 0 Å². The van der Waals surface area contributed by atoms with Crippen molar-refractivity contribution in [2.75, 3.05) is 6.54 Å². The summed E-state index contributed by atoms with van der Waals surface area (Å²) in [6, 6.07) is 4.48. The second kappa shape index (κ2) is 7.48. The molecule has 2 N–H and O–H groups in total. The van der Waals surface area contributed by atoms with Crippen LogP contribution in [0.3, 0.4) is 0 Å². The minimum Gasteiger partial charge on any atom is -0.384 e. The molecule has 1 aromatic carbocycles. The maximum Gasteiger partial charge on any atom is 0.125 e. The first-order valence-corrected chi connectivity index (χ1v) is 9.05. The highest BCUT2D eigenvalue weighted by molar-refractivity contribution is 8.01. The first-order valence-electron chi connectivity index (χ1n) is 8.17. The van der Waals surface area contributed by atoms with Gasteiger partial charge >= 0.3 is 0 Å². The standard InChI is InChI=1S/C19H29N2S.ClH/c1-7-8-9-21-17(20)13-10-14(18(2,3)4)16-15(11-13)19(5,6)12-22-16;/h10-12H,7-9H2,1-6H3,(H2,20,21);1H. The van der Waals surface area contributed by atoms with Gasteiger partial charge in [0, 0.05) is 28.2 Å². The molecule has 2 rings (SSSR count). The van der Waals surface area contributed by atoms with Crippen LogP contribution in [0.25, 0.3) is 0 Å². The van der Waals surface area contributed by atoms with Crippen molar-refractivity contribution < 1.29 is 0 Å². The van der Waals surface area contributed by atoms with Gasteiger partial charge in [0.1, 0.15) is 5.84 Å². The molecule has 1 aliphatic heterocycles. The van der Waals surface area contributed by atoms with E-state index in [1.165, 1.54) is 16.0 Å². The fourth-order valence-corrected chi connectivity index (χ4v) is 4.14. The van der Waals surface area contributed by atoms with E-state index in [-0.39, 0.29) is 23.2 Å². The number of fused-ring (bicyclic) bond motifs is 1. The van der Waals surface area contributed by atoms with Crippen LogP contribution >= 0.6 is 24.2 Å². The molecule has 129 valence electrons. The lowest BCUT2D eigenvalue weighted by Gasteiger charge is -2.25. The van der Waals surface area contributed by atoms with Crippen molar-refractivity contribution in [1.29, 1.82) is 0 Å². The third kappa shape index (κ3) is 4.45. The number of hydrogen-bond acceptors (Lipinski definition) is 2. The molecule has 0 aromatic heterocycles. The van der Waals surface area contributed by atoms with Crippen LogP contribution in [0.5, 0.6) is 0 Å². The number of amidine groups is 1. The second-order valence-corrected chi connectivity index (χ2v) is 8.61. The maximum atomic E-state index is 6.26. The molecule has 1 radical (unpaired) electrons. The van der Waals surface area contributed by atoms with E-state index in [1.54, 1.807) is 0 Å². The van der Waals surface area contributed by atoms with E-state index >= 15 is 0 Å². The van der Waals surface area contributed by atoms with Crippen molar-refractivity contribution in [3.05, 3.63) is 34.6 Å². The lowest BCUT2D eigenvalue weighted by Crippen LogP contribution is -2.21. The third-order valence-corrected chi connectivity index (χ3v) is 5.53. The minimum atomic E-state index is 0. The molecule has 0 fully saturated rings. The summed E-state index contributed by atoms with van der Waals surface area (Å²) in [5.74, 6) is 3.01. The van der Waals surface area contributed by atoms with Crippen LogP contribution in [0.15, 0.2) is 22.0 Å². The van der Waals surface area contributed by atoms with E-state index in [2.05, 4.69) is 64.4 Å². The Morgan fingerprint density at radius 1 is 1.26 bits per heavy atom. The Morgan fingerprint density at radius 2 is 1.91 bits per heavy atom. The first-order chi connectivity index (χ1) is 10.2. The second-order valence-electron chi connectivity index (χ2n) is 7.73. The van der Waals surface area contributed by atoms with Crippen molar-refractivity contribution in [2.24, 2.45) is 10.7 Å². The van der Waals surface area contributed by atoms with Gasteiger partial charge in [-0.2, -0.15) is 0 Å². The molecule has 0 aliphatic carbocycles. The summed E-state index contributed by atoms with van der Waals surface area (Å²) in [7, 11) is 0. The molecule has 0 atom stereocenters. The molecular formula is C19H30ClN2S. The Hall–Kier alpha value is -0.670. The molecule has 0 bridgehead atoms. The molecule has 0 amide bonds. The molecular weight excluding hydrogens is 324 g/mol. The van der Waals surface area contributed by atoms with Gasteiger partial charge in [0.2, 0.25) is 0 Å². The highest BCUT2D eigenvalue weighted by atomic mass is 35.5. The maximum absolute atomic E-state index is 6.26. The molecule has 1 aliphatic rings. The molecule has 0 spiro atoms. The normalized spacial score (nSPS) is 16.9. The van der Waals surface area contributed by atoms with E-state index in [1.807, 2.05) is 11.8 Å². The van der Waals surface area contributed by atoms with Crippen LogP contribution < -0.4 is 5.73 Å². The van der Waals surface area contributed by atoms with Crippen LogP contribution in [-0.2, 0) is 10.8 Å². The van der Waals surface area contributed by atoms with Gasteiger partial charge in [-0.3, -0.25) is 4.99 Å². The Labute approximate surface area is 152 Å². The summed E-state index contributed by atoms with van der Waals surface area (Å²) in [6.07, 6.45) is 2.24. The Bertz CT molecular complexity index is 586. The summed E-state index contributed by atoms with van der Waals surface area (Å²) in [4.78, 5) is 5.96. The fourth-order valence-electron chi connectivity index (χ4n) is 2.66. The van der Waals surface area contributed by atoms with Gasteiger partial charge in [-0.25, -0.2) is 0 Å². The highest BCUT2D eigenvalue weighted by Gasteiger charge is 2.35. The van der Waals surface area contributed by atoms with Crippen LogP contribution in [0.2, 0.25) is 0 Å². The summed E-state index contributed by atoms with van der Waals surface area (Å²) < 4.78 is 0. The zero-order chi connectivity index (χ0) is 16.5. The first kappa shape index (κ1) is 20.4. The van der Waals surface area contributed by atoms with Crippen LogP contribution in [-0.4, -0.2) is 12.4 Å². The minimum absolute atomic E-state index is 0. The van der Waals surface area contributed by atoms with Crippen molar-refractivity contribution in [3.8, 4) is 0 Å². The van der Waals surface area contributed by atoms with Gasteiger partial charge in [-0.15, -0.1) is 24.2 Å². The number of unbranched alkanes of at least 4 members (excludes halogenated alkanes) is 1. The van der Waals surface area contributed by atoms with Gasteiger partial charge in [0.15, 0.2) is 0 Å². The molecule has 4 heteroatoms. The van der Waals surface area contributed by atoms with Crippen molar-refractivity contribution in [3.63, 3.8) is 0 Å². The number of rotatable bonds is 4. The largest absolute Gasteiger partial charge is 0.384 e. The fraction of sp³-hybridized carbons (Fsp3) is 0.579. The summed E-state index contributed by atoms with van der Waals surface area (Å²) in [5, 5.41) is 0. The van der Waals surface area contributed by atoms with E-state index in [4.69, 9.17) is 5.73 Å². The van der Waals surface area contributed by atoms with Crippen LogP contribution in [0.4, 0.5) is 0 Å². The average Bonchev–Trinajstić information content (AvgIpc) is 2.73. The Balaban J connectivity index is 0.00000264. The van der Waals surface area contributed by atoms with Gasteiger partial charge in [0.05, 0.1) is 0 Å². The third-order valence-electron chi connectivity index (χ3n) is 4.15. The van der Waals surface area contributed by atoms with E-state index in [0.29, 0.717) is 5.84 Å². The van der Waals surface area contributed by atoms with Gasteiger partial charge < -0.3 is 5.73 Å². The number of aliphatic imine (C=N–C) groups is 1. The Morgan fingerprint density at radius 3 is 2.48 bits per heavy atom. The number of halogens is 1. The Kier molecular flexibility index (Phi) is 6.63. The SMILES string of the molecule is CCCCN=C(N)c1cc(C(C)(C)C)c2c(c1)C(C)(C)[CH]S2.Cl. The number of nitrogens with two attached hydrogens (primary N) is 1. The highest BCUT2D eigenvalue weighted by Crippen LogP contribution is 2.51. The van der Waals surface area contributed by atoms with E-state index in [9.17, 15) is 0 Å². The average molecular weight is 354 g/mol. The molecule has 0 saturated heterocycles. The number of nitrogens with zero attached hydrogens (tertiary/aromatic N) is 1. The summed E-state index contributed by atoms with van der Waals surface area (Å²) in [6.45, 7) is 14.3. The van der Waals surface area contributed by atoms with Crippen molar-refractivity contribution in [2.45, 2.75) is 70.1 Å². The topological polar surface area (TPSA) is 38.4 Å². The van der Waals surface area contributed by atoms with E-state index < -0.39 is 0 Å². The predicted molar refractivity (Wildman–Crippen MR) is 106 cm³/mol. The molecule has 2 nitrogen and oxygen atoms in total. The summed E-state index contributed by atoms with van der Waals surface area (Å²) >= 11 is 1.86. The predicted octanol–water partition coefficient (Wildman–Crippen LogP) is 5.46.